The molecule has 2 N–H and O–H groups in total. The highest BCUT2D eigenvalue weighted by atomic mass is 16.5. The number of amides is 2. The summed E-state index contributed by atoms with van der Waals surface area (Å²) in [7, 11) is 0. The fourth-order valence-corrected chi connectivity index (χ4v) is 3.07. The summed E-state index contributed by atoms with van der Waals surface area (Å²) in [4.78, 5) is 41.5. The summed E-state index contributed by atoms with van der Waals surface area (Å²) in [6.07, 6.45) is 2.18. The Bertz CT molecular complexity index is 742. The minimum Gasteiger partial charge on any atom is -0.469 e. The van der Waals surface area contributed by atoms with Crippen molar-refractivity contribution in [3.05, 3.63) is 28.8 Å². The summed E-state index contributed by atoms with van der Waals surface area (Å²) in [5.74, 6) is 2.35. The molecule has 1 saturated heterocycles. The van der Waals surface area contributed by atoms with Gasteiger partial charge in [-0.3, -0.25) is 9.69 Å². The molecule has 0 spiro atoms. The Morgan fingerprint density at radius 1 is 1.58 bits per heavy atom. The van der Waals surface area contributed by atoms with Gasteiger partial charge in [-0.1, -0.05) is 0 Å². The number of nitrogens with zero attached hydrogens (tertiary/aromatic N) is 3. The van der Waals surface area contributed by atoms with Crippen molar-refractivity contribution >= 4 is 24.1 Å². The SMILES string of the molecule is C[C@H]1COC(=C=O)N1Cc1cc2c(nc1C=O)N(C(N)=O)CCC2. The minimum absolute atomic E-state index is 0.000831. The smallest absolute Gasteiger partial charge is 0.320 e. The van der Waals surface area contributed by atoms with E-state index in [-0.39, 0.29) is 17.6 Å². The first-order valence-electron chi connectivity index (χ1n) is 7.74. The number of carbonyl (C=O) groups is 2. The lowest BCUT2D eigenvalue weighted by molar-refractivity contribution is 0.111. The number of fused-ring (bicyclic) bond motifs is 1. The Hall–Kier alpha value is -2.86. The summed E-state index contributed by atoms with van der Waals surface area (Å²) in [6.45, 7) is 3.12. The highest BCUT2D eigenvalue weighted by Gasteiger charge is 2.30. The van der Waals surface area contributed by atoms with E-state index >= 15 is 0 Å². The number of aryl methyl sites for hydroxylation is 1. The van der Waals surface area contributed by atoms with Gasteiger partial charge in [0.25, 0.3) is 5.88 Å². The number of carbonyl (C=O) groups excluding carboxylic acids is 3. The van der Waals surface area contributed by atoms with Gasteiger partial charge < -0.3 is 15.4 Å². The normalized spacial score (nSPS) is 19.5. The molecule has 8 heteroatoms. The van der Waals surface area contributed by atoms with Crippen LogP contribution in [0.5, 0.6) is 0 Å². The molecule has 0 saturated carbocycles. The van der Waals surface area contributed by atoms with Crippen molar-refractivity contribution < 1.29 is 19.1 Å². The van der Waals surface area contributed by atoms with Crippen LogP contribution in [0.4, 0.5) is 10.6 Å². The van der Waals surface area contributed by atoms with E-state index < -0.39 is 6.03 Å². The maximum atomic E-state index is 11.6. The Morgan fingerprint density at radius 3 is 3.04 bits per heavy atom. The lowest BCUT2D eigenvalue weighted by Crippen LogP contribution is -2.40. The van der Waals surface area contributed by atoms with Gasteiger partial charge in [0.05, 0.1) is 6.04 Å². The second kappa shape index (κ2) is 6.33. The van der Waals surface area contributed by atoms with E-state index in [0.29, 0.717) is 37.4 Å². The maximum absolute atomic E-state index is 11.6. The van der Waals surface area contributed by atoms with Crippen LogP contribution in [0.1, 0.15) is 35.0 Å². The summed E-state index contributed by atoms with van der Waals surface area (Å²) >= 11 is 0. The highest BCUT2D eigenvalue weighted by molar-refractivity contribution is 5.91. The largest absolute Gasteiger partial charge is 0.469 e. The number of aldehydes is 1. The molecule has 24 heavy (non-hydrogen) atoms. The predicted molar refractivity (Wildman–Crippen MR) is 85.0 cm³/mol. The molecule has 1 aromatic heterocycles. The van der Waals surface area contributed by atoms with Crippen molar-refractivity contribution in [1.82, 2.24) is 9.88 Å². The summed E-state index contributed by atoms with van der Waals surface area (Å²) in [6, 6.07) is 1.27. The van der Waals surface area contributed by atoms with E-state index in [2.05, 4.69) is 4.98 Å². The number of hydrogen-bond acceptors (Lipinski definition) is 6. The minimum atomic E-state index is -0.583. The van der Waals surface area contributed by atoms with Crippen LogP contribution in [-0.2, 0) is 22.5 Å². The number of hydrogen-bond donors (Lipinski definition) is 1. The first kappa shape index (κ1) is 16.0. The highest BCUT2D eigenvalue weighted by Crippen LogP contribution is 2.29. The molecule has 0 radical (unpaired) electrons. The summed E-state index contributed by atoms with van der Waals surface area (Å²) in [5.41, 5.74) is 7.16. The van der Waals surface area contributed by atoms with E-state index in [4.69, 9.17) is 10.5 Å². The molecule has 2 aliphatic rings. The van der Waals surface area contributed by atoms with Crippen LogP contribution in [0, 0.1) is 0 Å². The molecule has 3 rings (SSSR count). The van der Waals surface area contributed by atoms with Crippen molar-refractivity contribution in [1.29, 1.82) is 0 Å². The van der Waals surface area contributed by atoms with Crippen LogP contribution < -0.4 is 10.6 Å². The van der Waals surface area contributed by atoms with Crippen molar-refractivity contribution in [3.8, 4) is 0 Å². The van der Waals surface area contributed by atoms with Crippen LogP contribution in [0.25, 0.3) is 0 Å². The fraction of sp³-hybridized carbons (Fsp3) is 0.438. The first-order chi connectivity index (χ1) is 11.5. The lowest BCUT2D eigenvalue weighted by atomic mass is 10.0. The number of pyridine rings is 1. The quantitative estimate of drug-likeness (QED) is 0.643. The average Bonchev–Trinajstić information content (AvgIpc) is 2.93. The molecule has 2 amide bonds. The second-order valence-corrected chi connectivity index (χ2v) is 5.92. The monoisotopic (exact) mass is 330 g/mol. The van der Waals surface area contributed by atoms with Gasteiger partial charge in [0.1, 0.15) is 18.1 Å². The number of rotatable bonds is 3. The summed E-state index contributed by atoms with van der Waals surface area (Å²) < 4.78 is 5.27. The molecule has 2 aliphatic heterocycles. The molecule has 0 aliphatic carbocycles. The number of ether oxygens (including phenoxy) is 1. The molecule has 0 unspecified atom stereocenters. The number of nitrogens with two attached hydrogens (primary N) is 1. The van der Waals surface area contributed by atoms with E-state index in [0.717, 1.165) is 18.4 Å². The molecule has 1 fully saturated rings. The zero-order valence-corrected chi connectivity index (χ0v) is 13.3. The van der Waals surface area contributed by atoms with E-state index in [1.807, 2.05) is 13.0 Å². The van der Waals surface area contributed by atoms with E-state index in [1.54, 1.807) is 10.8 Å². The molecule has 126 valence electrons. The third kappa shape index (κ3) is 2.72. The van der Waals surface area contributed by atoms with Crippen molar-refractivity contribution in [3.63, 3.8) is 0 Å². The number of aromatic nitrogens is 1. The van der Waals surface area contributed by atoms with Gasteiger partial charge in [-0.15, -0.1) is 0 Å². The van der Waals surface area contributed by atoms with Crippen molar-refractivity contribution in [2.24, 2.45) is 5.73 Å². The molecule has 1 aromatic rings. The average molecular weight is 330 g/mol. The molecule has 0 bridgehead atoms. The molecule has 8 nitrogen and oxygen atoms in total. The van der Waals surface area contributed by atoms with Crippen LogP contribution in [0.2, 0.25) is 0 Å². The molecular formula is C16H18N4O4. The first-order valence-corrected chi connectivity index (χ1v) is 7.74. The zero-order valence-electron chi connectivity index (χ0n) is 13.3. The van der Waals surface area contributed by atoms with Gasteiger partial charge in [-0.25, -0.2) is 14.6 Å². The van der Waals surface area contributed by atoms with Gasteiger partial charge >= 0.3 is 6.03 Å². The zero-order chi connectivity index (χ0) is 17.3. The van der Waals surface area contributed by atoms with Gasteiger partial charge in [-0.2, -0.15) is 0 Å². The van der Waals surface area contributed by atoms with Crippen LogP contribution >= 0.6 is 0 Å². The maximum Gasteiger partial charge on any atom is 0.320 e. The van der Waals surface area contributed by atoms with Crippen LogP contribution in [0.15, 0.2) is 11.9 Å². The number of urea groups is 1. The third-order valence-electron chi connectivity index (χ3n) is 4.33. The molecule has 0 aromatic carbocycles. The summed E-state index contributed by atoms with van der Waals surface area (Å²) in [5, 5.41) is 0. The molecular weight excluding hydrogens is 312 g/mol. The predicted octanol–water partition coefficient (Wildman–Crippen LogP) is 0.619. The third-order valence-corrected chi connectivity index (χ3v) is 4.33. The van der Waals surface area contributed by atoms with E-state index in [1.165, 1.54) is 4.90 Å². The van der Waals surface area contributed by atoms with Crippen molar-refractivity contribution in [2.45, 2.75) is 32.4 Å². The Labute approximate surface area is 138 Å². The Kier molecular flexibility index (Phi) is 4.22. The van der Waals surface area contributed by atoms with E-state index in [9.17, 15) is 14.4 Å². The molecule has 3 heterocycles. The number of anilines is 1. The Balaban J connectivity index is 1.99. The van der Waals surface area contributed by atoms with Gasteiger partial charge in [0.2, 0.25) is 0 Å². The second-order valence-electron chi connectivity index (χ2n) is 5.92. The van der Waals surface area contributed by atoms with Crippen molar-refractivity contribution in [2.75, 3.05) is 18.1 Å². The van der Waals surface area contributed by atoms with Crippen LogP contribution in [0.3, 0.4) is 0 Å². The molecule has 1 atom stereocenters. The van der Waals surface area contributed by atoms with Gasteiger partial charge in [-0.05, 0) is 31.4 Å². The van der Waals surface area contributed by atoms with Gasteiger partial charge in [0, 0.05) is 18.7 Å². The topological polar surface area (TPSA) is 106 Å². The van der Waals surface area contributed by atoms with Gasteiger partial charge in [0.15, 0.2) is 12.2 Å². The number of primary amides is 1. The standard InChI is InChI=1S/C16H18N4O4/c1-10-9-24-14(8-22)20(10)6-12-5-11-3-2-4-19(16(17)23)15(11)18-13(12)7-21/h5,7,10H,2-4,6,9H2,1H3,(H2,17,23)/t10-/m0/s1. The lowest BCUT2D eigenvalue weighted by Gasteiger charge is -2.28. The van der Waals surface area contributed by atoms with Crippen LogP contribution in [-0.4, -0.2) is 47.3 Å². The fourth-order valence-electron chi connectivity index (χ4n) is 3.07. The Morgan fingerprint density at radius 2 is 2.38 bits per heavy atom.